The number of carbonyl (C=O) groups is 1. The summed E-state index contributed by atoms with van der Waals surface area (Å²) < 4.78 is 78.9. The topological polar surface area (TPSA) is 88.2 Å². The smallest absolute Gasteiger partial charge is 0.339 e. The van der Waals surface area contributed by atoms with Crippen LogP contribution in [0.25, 0.3) is 0 Å². The zero-order valence-corrected chi connectivity index (χ0v) is 17.3. The summed E-state index contributed by atoms with van der Waals surface area (Å²) in [4.78, 5) is 16.6. The minimum Gasteiger partial charge on any atom is -0.339 e. The number of aromatic nitrogens is 1. The lowest BCUT2D eigenvalue weighted by molar-refractivity contribution is -0.137. The van der Waals surface area contributed by atoms with Crippen LogP contribution in [-0.4, -0.2) is 26.4 Å². The van der Waals surface area contributed by atoms with Gasteiger partial charge in [0.25, 0.3) is 5.91 Å². The van der Waals surface area contributed by atoms with Crippen molar-refractivity contribution in [1.29, 1.82) is 0 Å². The fourth-order valence-corrected chi connectivity index (χ4v) is 3.63. The molecule has 0 fully saturated rings. The quantitative estimate of drug-likeness (QED) is 0.542. The van der Waals surface area contributed by atoms with E-state index in [1.807, 2.05) is 0 Å². The Hall–Kier alpha value is -3.31. The third kappa shape index (κ3) is 5.11. The molecular formula is C21H17F4N3O3S. The first-order chi connectivity index (χ1) is 15.0. The summed E-state index contributed by atoms with van der Waals surface area (Å²) in [5.41, 5.74) is -0.837. The lowest BCUT2D eigenvalue weighted by Crippen LogP contribution is -2.30. The van der Waals surface area contributed by atoms with Crippen molar-refractivity contribution in [1.82, 2.24) is 15.0 Å². The van der Waals surface area contributed by atoms with Crippen molar-refractivity contribution in [2.45, 2.75) is 17.1 Å². The normalized spacial score (nSPS) is 12.9. The Bertz CT molecular complexity index is 1210. The van der Waals surface area contributed by atoms with Gasteiger partial charge in [0.1, 0.15) is 11.5 Å². The summed E-state index contributed by atoms with van der Waals surface area (Å²) in [5, 5.41) is 2.55. The van der Waals surface area contributed by atoms with E-state index in [1.165, 1.54) is 43.6 Å². The van der Waals surface area contributed by atoms with Crippen LogP contribution in [0, 0.1) is 5.82 Å². The average Bonchev–Trinajstić information content (AvgIpc) is 2.77. The molecule has 0 bridgehead atoms. The van der Waals surface area contributed by atoms with E-state index in [0.717, 1.165) is 30.3 Å². The fraction of sp³-hybridized carbons (Fsp3) is 0.143. The van der Waals surface area contributed by atoms with Crippen molar-refractivity contribution in [3.8, 4) is 0 Å². The van der Waals surface area contributed by atoms with Crippen LogP contribution < -0.4 is 10.0 Å². The molecule has 1 atom stereocenters. The molecule has 0 spiro atoms. The standard InChI is InChI=1S/C21H17F4N3O3S/c1-26-32(30,31)16-10-6-14(7-11-16)20(29)28-18(19-17(22)3-2-12-27-19)13-4-8-15(9-5-13)21(23,24)25/h2-12,18,26H,1H3,(H,28,29)/t18-/m0/s1. The maximum atomic E-state index is 14.4. The number of hydrogen-bond acceptors (Lipinski definition) is 4. The summed E-state index contributed by atoms with van der Waals surface area (Å²) in [5.74, 6) is -1.46. The molecule has 1 amide bonds. The van der Waals surface area contributed by atoms with Gasteiger partial charge in [-0.3, -0.25) is 9.78 Å². The predicted octanol–water partition coefficient (Wildman–Crippen LogP) is 3.67. The highest BCUT2D eigenvalue weighted by atomic mass is 32.2. The molecule has 168 valence electrons. The highest BCUT2D eigenvalue weighted by Gasteiger charge is 2.31. The molecule has 1 heterocycles. The number of carbonyl (C=O) groups excluding carboxylic acids is 1. The number of nitrogens with one attached hydrogen (secondary N) is 2. The van der Waals surface area contributed by atoms with Gasteiger partial charge >= 0.3 is 6.18 Å². The molecule has 2 aromatic carbocycles. The van der Waals surface area contributed by atoms with Gasteiger partial charge in [0.2, 0.25) is 10.0 Å². The van der Waals surface area contributed by atoms with Crippen LogP contribution in [0.2, 0.25) is 0 Å². The maximum absolute atomic E-state index is 14.4. The Kier molecular flexibility index (Phi) is 6.60. The summed E-state index contributed by atoms with van der Waals surface area (Å²) in [7, 11) is -2.46. The largest absolute Gasteiger partial charge is 0.416 e. The Labute approximate surface area is 181 Å². The average molecular weight is 467 g/mol. The number of amides is 1. The first-order valence-corrected chi connectivity index (χ1v) is 10.6. The predicted molar refractivity (Wildman–Crippen MR) is 108 cm³/mol. The van der Waals surface area contributed by atoms with Gasteiger partial charge in [0, 0.05) is 11.8 Å². The summed E-state index contributed by atoms with van der Waals surface area (Å²) in [6.07, 6.45) is -3.26. The second kappa shape index (κ2) is 9.05. The van der Waals surface area contributed by atoms with E-state index in [1.54, 1.807) is 0 Å². The van der Waals surface area contributed by atoms with E-state index < -0.39 is 39.5 Å². The third-order valence-corrected chi connectivity index (χ3v) is 6.03. The van der Waals surface area contributed by atoms with Crippen LogP contribution in [0.4, 0.5) is 17.6 Å². The molecule has 1 aromatic heterocycles. The number of nitrogens with zero attached hydrogens (tertiary/aromatic N) is 1. The van der Waals surface area contributed by atoms with Gasteiger partial charge < -0.3 is 5.32 Å². The molecule has 2 N–H and O–H groups in total. The second-order valence-electron chi connectivity index (χ2n) is 6.63. The third-order valence-electron chi connectivity index (χ3n) is 4.60. The number of pyridine rings is 1. The summed E-state index contributed by atoms with van der Waals surface area (Å²) >= 11 is 0. The first-order valence-electron chi connectivity index (χ1n) is 9.15. The van der Waals surface area contributed by atoms with Gasteiger partial charge in [-0.25, -0.2) is 17.5 Å². The van der Waals surface area contributed by atoms with Crippen LogP contribution >= 0.6 is 0 Å². The van der Waals surface area contributed by atoms with Gasteiger partial charge in [-0.1, -0.05) is 12.1 Å². The number of rotatable bonds is 6. The number of halogens is 4. The van der Waals surface area contributed by atoms with Gasteiger partial charge in [-0.15, -0.1) is 0 Å². The Morgan fingerprint density at radius 3 is 2.16 bits per heavy atom. The molecule has 0 aliphatic carbocycles. The lowest BCUT2D eigenvalue weighted by Gasteiger charge is -2.20. The molecule has 0 aliphatic rings. The van der Waals surface area contributed by atoms with Crippen molar-refractivity contribution in [3.05, 3.63) is 95.1 Å². The highest BCUT2D eigenvalue weighted by molar-refractivity contribution is 7.89. The molecule has 32 heavy (non-hydrogen) atoms. The monoisotopic (exact) mass is 467 g/mol. The minimum atomic E-state index is -4.55. The van der Waals surface area contributed by atoms with E-state index in [-0.39, 0.29) is 21.7 Å². The van der Waals surface area contributed by atoms with Crippen LogP contribution in [0.15, 0.2) is 71.8 Å². The molecule has 0 saturated heterocycles. The number of alkyl halides is 3. The first kappa shape index (κ1) is 23.4. The van der Waals surface area contributed by atoms with Crippen LogP contribution in [0.5, 0.6) is 0 Å². The van der Waals surface area contributed by atoms with Crippen molar-refractivity contribution in [2.24, 2.45) is 0 Å². The van der Waals surface area contributed by atoms with Crippen molar-refractivity contribution >= 4 is 15.9 Å². The Balaban J connectivity index is 1.95. The van der Waals surface area contributed by atoms with Crippen LogP contribution in [0.1, 0.15) is 33.2 Å². The number of benzene rings is 2. The maximum Gasteiger partial charge on any atom is 0.416 e. The van der Waals surface area contributed by atoms with E-state index in [0.29, 0.717) is 0 Å². The Morgan fingerprint density at radius 2 is 1.62 bits per heavy atom. The van der Waals surface area contributed by atoms with Crippen molar-refractivity contribution in [2.75, 3.05) is 7.05 Å². The van der Waals surface area contributed by atoms with Gasteiger partial charge in [0.05, 0.1) is 16.5 Å². The molecule has 3 aromatic rings. The molecule has 0 saturated carbocycles. The molecule has 0 unspecified atom stereocenters. The highest BCUT2D eigenvalue weighted by Crippen LogP contribution is 2.31. The molecule has 3 rings (SSSR count). The minimum absolute atomic E-state index is 0.0632. The lowest BCUT2D eigenvalue weighted by atomic mass is 10.00. The summed E-state index contributed by atoms with van der Waals surface area (Å²) in [6.45, 7) is 0. The van der Waals surface area contributed by atoms with Crippen LogP contribution in [-0.2, 0) is 16.2 Å². The second-order valence-corrected chi connectivity index (χ2v) is 8.52. The van der Waals surface area contributed by atoms with E-state index in [2.05, 4.69) is 15.0 Å². The fourth-order valence-electron chi connectivity index (χ4n) is 2.90. The summed E-state index contributed by atoms with van der Waals surface area (Å²) in [6, 6.07) is 10.1. The van der Waals surface area contributed by atoms with E-state index >= 15 is 0 Å². The van der Waals surface area contributed by atoms with Gasteiger partial charge in [0.15, 0.2) is 0 Å². The zero-order valence-electron chi connectivity index (χ0n) is 16.5. The SMILES string of the molecule is CNS(=O)(=O)c1ccc(C(=O)N[C@@H](c2ccc(C(F)(F)F)cc2)c2ncccc2F)cc1. The molecule has 6 nitrogen and oxygen atoms in total. The zero-order chi connectivity index (χ0) is 23.5. The van der Waals surface area contributed by atoms with Crippen LogP contribution in [0.3, 0.4) is 0 Å². The van der Waals surface area contributed by atoms with E-state index in [9.17, 15) is 30.8 Å². The number of sulfonamides is 1. The Morgan fingerprint density at radius 1 is 1.00 bits per heavy atom. The molecule has 0 aliphatic heterocycles. The van der Waals surface area contributed by atoms with Gasteiger partial charge in [-0.2, -0.15) is 13.2 Å². The molecule has 11 heteroatoms. The van der Waals surface area contributed by atoms with Crippen molar-refractivity contribution < 1.29 is 30.8 Å². The molecule has 0 radical (unpaired) electrons. The van der Waals surface area contributed by atoms with Crippen molar-refractivity contribution in [3.63, 3.8) is 0 Å². The van der Waals surface area contributed by atoms with Gasteiger partial charge in [-0.05, 0) is 61.1 Å². The van der Waals surface area contributed by atoms with E-state index in [4.69, 9.17) is 0 Å². The molecular weight excluding hydrogens is 450 g/mol. The number of hydrogen-bond donors (Lipinski definition) is 2.